The van der Waals surface area contributed by atoms with Crippen molar-refractivity contribution in [3.05, 3.63) is 18.0 Å². The van der Waals surface area contributed by atoms with Crippen LogP contribution < -0.4 is 5.73 Å². The highest BCUT2D eigenvalue weighted by atomic mass is 19.4. The molecule has 18 heavy (non-hydrogen) atoms. The Morgan fingerprint density at radius 2 is 2.33 bits per heavy atom. The van der Waals surface area contributed by atoms with E-state index in [-0.39, 0.29) is 19.0 Å². The fourth-order valence-electron chi connectivity index (χ4n) is 1.12. The highest BCUT2D eigenvalue weighted by Crippen LogP contribution is 2.28. The number of hydrogen-bond acceptors (Lipinski definition) is 4. The average molecular weight is 266 g/mol. The summed E-state index contributed by atoms with van der Waals surface area (Å²) in [6.07, 6.45) is -3.39. The molecule has 0 saturated carbocycles. The molecule has 0 fully saturated rings. The van der Waals surface area contributed by atoms with Crippen molar-refractivity contribution in [2.75, 3.05) is 6.61 Å². The van der Waals surface area contributed by atoms with E-state index < -0.39 is 17.8 Å². The Hall–Kier alpha value is -1.77. The van der Waals surface area contributed by atoms with Crippen LogP contribution in [0.15, 0.2) is 17.5 Å². The third-order valence-electron chi connectivity index (χ3n) is 2.18. The van der Waals surface area contributed by atoms with Gasteiger partial charge in [0.1, 0.15) is 6.10 Å². The van der Waals surface area contributed by atoms with Crippen molar-refractivity contribution in [3.8, 4) is 0 Å². The van der Waals surface area contributed by atoms with Gasteiger partial charge in [-0.15, -0.1) is 0 Å². The molecule has 1 heterocycles. The van der Waals surface area contributed by atoms with Crippen LogP contribution in [0.2, 0.25) is 0 Å². The van der Waals surface area contributed by atoms with Crippen molar-refractivity contribution in [1.82, 2.24) is 9.78 Å². The van der Waals surface area contributed by atoms with Gasteiger partial charge >= 0.3 is 6.18 Å². The van der Waals surface area contributed by atoms with E-state index in [0.717, 1.165) is 17.1 Å². The molecule has 3 N–H and O–H groups in total. The predicted octanol–water partition coefficient (Wildman–Crippen LogP) is 1.05. The lowest BCUT2D eigenvalue weighted by molar-refractivity contribution is -0.137. The smallest absolute Gasteiger partial charge is 0.409 e. The minimum absolute atomic E-state index is 0.0936. The van der Waals surface area contributed by atoms with E-state index in [1.54, 1.807) is 6.92 Å². The molecule has 1 atom stereocenters. The fraction of sp³-hybridized carbons (Fsp3) is 0.556. The minimum atomic E-state index is -4.40. The molecule has 0 bridgehead atoms. The Labute approximate surface area is 101 Å². The largest absolute Gasteiger partial charge is 0.419 e. The summed E-state index contributed by atoms with van der Waals surface area (Å²) in [5, 5.41) is 14.7. The lowest BCUT2D eigenvalue weighted by Gasteiger charge is -2.11. The molecule has 0 aromatic carbocycles. The molecule has 0 amide bonds. The third kappa shape index (κ3) is 3.91. The van der Waals surface area contributed by atoms with Crippen molar-refractivity contribution in [2.24, 2.45) is 10.9 Å². The van der Waals surface area contributed by atoms with Crippen LogP contribution in [0, 0.1) is 0 Å². The number of halogens is 3. The van der Waals surface area contributed by atoms with Crippen molar-refractivity contribution in [3.63, 3.8) is 0 Å². The molecule has 0 aliphatic rings. The van der Waals surface area contributed by atoms with E-state index in [2.05, 4.69) is 10.3 Å². The number of oxime groups is 1. The Bertz CT molecular complexity index is 416. The van der Waals surface area contributed by atoms with Crippen LogP contribution in [-0.4, -0.2) is 33.5 Å². The molecule has 0 spiro atoms. The summed E-state index contributed by atoms with van der Waals surface area (Å²) >= 11 is 0. The van der Waals surface area contributed by atoms with Crippen LogP contribution in [0.4, 0.5) is 13.2 Å². The summed E-state index contributed by atoms with van der Waals surface area (Å²) < 4.78 is 43.0. The fourth-order valence-corrected chi connectivity index (χ4v) is 1.12. The van der Waals surface area contributed by atoms with Crippen LogP contribution in [0.3, 0.4) is 0 Å². The predicted molar refractivity (Wildman–Crippen MR) is 56.1 cm³/mol. The molecular formula is C9H13F3N4O2. The van der Waals surface area contributed by atoms with Gasteiger partial charge in [-0.05, 0) is 6.92 Å². The van der Waals surface area contributed by atoms with Crippen molar-refractivity contribution in [1.29, 1.82) is 0 Å². The van der Waals surface area contributed by atoms with Gasteiger partial charge in [-0.25, -0.2) is 0 Å². The van der Waals surface area contributed by atoms with E-state index in [9.17, 15) is 13.2 Å². The van der Waals surface area contributed by atoms with E-state index in [0.29, 0.717) is 0 Å². The first-order chi connectivity index (χ1) is 8.34. The first-order valence-electron chi connectivity index (χ1n) is 5.03. The number of nitrogens with zero attached hydrogens (tertiary/aromatic N) is 3. The molecule has 1 aromatic rings. The Morgan fingerprint density at radius 1 is 1.67 bits per heavy atom. The maximum absolute atomic E-state index is 12.3. The van der Waals surface area contributed by atoms with E-state index in [1.165, 1.54) is 0 Å². The number of hydrogen-bond donors (Lipinski definition) is 2. The van der Waals surface area contributed by atoms with Crippen LogP contribution in [0.5, 0.6) is 0 Å². The number of nitrogens with two attached hydrogens (primary N) is 1. The summed E-state index contributed by atoms with van der Waals surface area (Å²) in [6, 6.07) is 0. The van der Waals surface area contributed by atoms with Gasteiger partial charge in [-0.3, -0.25) is 4.68 Å². The van der Waals surface area contributed by atoms with Gasteiger partial charge in [0.05, 0.1) is 24.9 Å². The topological polar surface area (TPSA) is 85.7 Å². The summed E-state index contributed by atoms with van der Waals surface area (Å²) in [4.78, 5) is 0. The zero-order chi connectivity index (χ0) is 13.8. The number of alkyl halides is 3. The summed E-state index contributed by atoms with van der Waals surface area (Å²) in [7, 11) is 0. The SMILES string of the molecule is CC(OCCn1cc(C(F)(F)F)cn1)/C(N)=N/O. The molecule has 1 aromatic heterocycles. The van der Waals surface area contributed by atoms with Crippen LogP contribution in [-0.2, 0) is 17.5 Å². The number of aromatic nitrogens is 2. The second kappa shape index (κ2) is 5.71. The van der Waals surface area contributed by atoms with Gasteiger partial charge in [0.25, 0.3) is 0 Å². The monoisotopic (exact) mass is 266 g/mol. The molecular weight excluding hydrogens is 253 g/mol. The highest BCUT2D eigenvalue weighted by molar-refractivity contribution is 5.83. The molecule has 102 valence electrons. The maximum Gasteiger partial charge on any atom is 0.419 e. The van der Waals surface area contributed by atoms with Crippen molar-refractivity contribution < 1.29 is 23.1 Å². The second-order valence-electron chi connectivity index (χ2n) is 3.53. The average Bonchev–Trinajstić information content (AvgIpc) is 2.76. The lowest BCUT2D eigenvalue weighted by Crippen LogP contribution is -2.29. The van der Waals surface area contributed by atoms with E-state index in [1.807, 2.05) is 0 Å². The Morgan fingerprint density at radius 3 is 2.83 bits per heavy atom. The number of amidine groups is 1. The standard InChI is InChI=1S/C9H13F3N4O2/c1-6(8(13)15-17)18-3-2-16-5-7(4-14-16)9(10,11)12/h4-6,17H,2-3H2,1H3,(H2,13,15). The van der Waals surface area contributed by atoms with Crippen LogP contribution >= 0.6 is 0 Å². The summed E-state index contributed by atoms with van der Waals surface area (Å²) in [5.41, 5.74) is 4.45. The molecule has 0 radical (unpaired) electrons. The number of ether oxygens (including phenoxy) is 1. The molecule has 0 aliphatic heterocycles. The second-order valence-corrected chi connectivity index (χ2v) is 3.53. The zero-order valence-corrected chi connectivity index (χ0v) is 9.55. The lowest BCUT2D eigenvalue weighted by atomic mass is 10.3. The minimum Gasteiger partial charge on any atom is -0.409 e. The van der Waals surface area contributed by atoms with Gasteiger partial charge in [0.2, 0.25) is 0 Å². The third-order valence-corrected chi connectivity index (χ3v) is 2.18. The summed E-state index contributed by atoms with van der Waals surface area (Å²) in [5.74, 6) is -0.105. The molecule has 6 nitrogen and oxygen atoms in total. The zero-order valence-electron chi connectivity index (χ0n) is 9.55. The molecule has 0 aliphatic carbocycles. The molecule has 1 unspecified atom stereocenters. The van der Waals surface area contributed by atoms with Gasteiger partial charge in [0, 0.05) is 6.20 Å². The van der Waals surface area contributed by atoms with Gasteiger partial charge in [-0.2, -0.15) is 18.3 Å². The Kier molecular flexibility index (Phi) is 4.54. The quantitative estimate of drug-likeness (QED) is 0.361. The normalized spacial score (nSPS) is 14.8. The van der Waals surface area contributed by atoms with E-state index in [4.69, 9.17) is 15.7 Å². The van der Waals surface area contributed by atoms with Crippen molar-refractivity contribution in [2.45, 2.75) is 25.7 Å². The van der Waals surface area contributed by atoms with E-state index >= 15 is 0 Å². The van der Waals surface area contributed by atoms with Crippen molar-refractivity contribution >= 4 is 5.84 Å². The van der Waals surface area contributed by atoms with Gasteiger partial charge in [-0.1, -0.05) is 5.16 Å². The highest BCUT2D eigenvalue weighted by Gasteiger charge is 2.32. The van der Waals surface area contributed by atoms with Gasteiger partial charge < -0.3 is 15.7 Å². The molecule has 9 heteroatoms. The van der Waals surface area contributed by atoms with Crippen LogP contribution in [0.1, 0.15) is 12.5 Å². The molecule has 1 rings (SSSR count). The first-order valence-corrected chi connectivity index (χ1v) is 5.03. The maximum atomic E-state index is 12.3. The number of rotatable bonds is 5. The van der Waals surface area contributed by atoms with Gasteiger partial charge in [0.15, 0.2) is 5.84 Å². The van der Waals surface area contributed by atoms with Crippen LogP contribution in [0.25, 0.3) is 0 Å². The first kappa shape index (κ1) is 14.3. The Balaban J connectivity index is 2.43. The summed E-state index contributed by atoms with van der Waals surface area (Å²) in [6.45, 7) is 1.79. The molecule has 0 saturated heterocycles.